The van der Waals surface area contributed by atoms with Gasteiger partial charge < -0.3 is 16.0 Å². The number of fused-ring (bicyclic) bond motifs is 1. The number of aryl methyl sites for hydroxylation is 2. The lowest BCUT2D eigenvalue weighted by Crippen LogP contribution is -2.15. The molecule has 0 saturated heterocycles. The Bertz CT molecular complexity index is 957. The molecule has 24 heavy (non-hydrogen) atoms. The van der Waals surface area contributed by atoms with Gasteiger partial charge in [-0.3, -0.25) is 14.6 Å². The van der Waals surface area contributed by atoms with Crippen molar-refractivity contribution in [3.05, 3.63) is 39.7 Å². The summed E-state index contributed by atoms with van der Waals surface area (Å²) in [5.41, 5.74) is 8.38. The highest BCUT2D eigenvalue weighted by atomic mass is 32.2. The van der Waals surface area contributed by atoms with Crippen LogP contribution in [0.4, 0.5) is 11.6 Å². The number of nitrogen functional groups attached to an aromatic ring is 1. The van der Waals surface area contributed by atoms with E-state index in [4.69, 9.17) is 5.73 Å². The molecule has 9 heteroatoms. The largest absolute Gasteiger partial charge is 0.369 e. The van der Waals surface area contributed by atoms with Gasteiger partial charge in [0.05, 0.1) is 5.75 Å². The molecule has 0 saturated carbocycles. The quantitative estimate of drug-likeness (QED) is 0.532. The summed E-state index contributed by atoms with van der Waals surface area (Å²) in [5, 5.41) is 3.33. The van der Waals surface area contributed by atoms with Crippen molar-refractivity contribution in [2.24, 2.45) is 0 Å². The number of para-hydroxylation sites is 1. The van der Waals surface area contributed by atoms with Crippen LogP contribution in [0.25, 0.3) is 11.2 Å². The third kappa shape index (κ3) is 3.25. The second-order valence-corrected chi connectivity index (χ2v) is 6.26. The number of aromatic nitrogens is 4. The number of H-pyrrole nitrogens is 2. The fourth-order valence-corrected chi connectivity index (χ4v) is 2.96. The molecule has 2 aromatic heterocycles. The first kappa shape index (κ1) is 16.1. The molecule has 1 aromatic carbocycles. The molecule has 3 rings (SSSR count). The van der Waals surface area contributed by atoms with Gasteiger partial charge >= 0.3 is 0 Å². The zero-order valence-electron chi connectivity index (χ0n) is 13.1. The predicted octanol–water partition coefficient (Wildman–Crippen LogP) is 1.58. The molecule has 0 atom stereocenters. The van der Waals surface area contributed by atoms with E-state index in [1.165, 1.54) is 11.8 Å². The molecule has 0 spiro atoms. The topological polar surface area (TPSA) is 130 Å². The van der Waals surface area contributed by atoms with Gasteiger partial charge in [0, 0.05) is 5.69 Å². The standard InChI is InChI=1S/C15H16N6O2S/c1-7-4-3-5-8(2)10(7)17-9(22)6-24-15-18-11-12(20-15)19-14(16)21-13(11)23/h3-5H,6H2,1-2H3,(H,17,22)(H4,16,18,19,20,21,23). The molecule has 0 unspecified atom stereocenters. The fourth-order valence-electron chi connectivity index (χ4n) is 2.29. The van der Waals surface area contributed by atoms with E-state index in [9.17, 15) is 9.59 Å². The van der Waals surface area contributed by atoms with Crippen LogP contribution in [-0.2, 0) is 4.79 Å². The van der Waals surface area contributed by atoms with Crippen molar-refractivity contribution in [1.82, 2.24) is 19.9 Å². The summed E-state index contributed by atoms with van der Waals surface area (Å²) in [6.07, 6.45) is 0. The predicted molar refractivity (Wildman–Crippen MR) is 94.2 cm³/mol. The second kappa shape index (κ2) is 6.36. The normalized spacial score (nSPS) is 10.9. The van der Waals surface area contributed by atoms with Crippen LogP contribution in [0.15, 0.2) is 28.2 Å². The lowest BCUT2D eigenvalue weighted by molar-refractivity contribution is -0.113. The first-order valence-corrected chi connectivity index (χ1v) is 8.17. The summed E-state index contributed by atoms with van der Waals surface area (Å²) in [5.74, 6) is 0.00335. The lowest BCUT2D eigenvalue weighted by Gasteiger charge is -2.10. The molecule has 0 radical (unpaired) electrons. The van der Waals surface area contributed by atoms with E-state index in [1.54, 1.807) is 0 Å². The first-order chi connectivity index (χ1) is 11.4. The third-order valence-electron chi connectivity index (χ3n) is 3.44. The summed E-state index contributed by atoms with van der Waals surface area (Å²) >= 11 is 1.19. The zero-order chi connectivity index (χ0) is 17.3. The van der Waals surface area contributed by atoms with Crippen LogP contribution in [0.2, 0.25) is 0 Å². The van der Waals surface area contributed by atoms with E-state index in [0.717, 1.165) is 16.8 Å². The molecule has 0 aliphatic rings. The maximum Gasteiger partial charge on any atom is 0.278 e. The molecule has 0 fully saturated rings. The number of hydrogen-bond acceptors (Lipinski definition) is 6. The highest BCUT2D eigenvalue weighted by Crippen LogP contribution is 2.21. The van der Waals surface area contributed by atoms with Gasteiger partial charge in [-0.25, -0.2) is 4.98 Å². The number of hydrogen-bond donors (Lipinski definition) is 4. The highest BCUT2D eigenvalue weighted by Gasteiger charge is 2.12. The SMILES string of the molecule is Cc1cccc(C)c1NC(=O)CSc1nc2nc(N)[nH]c(=O)c2[nH]1. The molecule has 1 amide bonds. The Kier molecular flexibility index (Phi) is 4.26. The Morgan fingerprint density at radius 2 is 1.96 bits per heavy atom. The molecule has 0 aliphatic heterocycles. The Morgan fingerprint density at radius 3 is 2.67 bits per heavy atom. The van der Waals surface area contributed by atoms with Crippen molar-refractivity contribution in [2.45, 2.75) is 19.0 Å². The number of amides is 1. The van der Waals surface area contributed by atoms with Gasteiger partial charge in [0.2, 0.25) is 11.9 Å². The molecular weight excluding hydrogens is 328 g/mol. The average molecular weight is 344 g/mol. The minimum Gasteiger partial charge on any atom is -0.369 e. The zero-order valence-corrected chi connectivity index (χ0v) is 14.0. The number of rotatable bonds is 4. The van der Waals surface area contributed by atoms with Crippen LogP contribution >= 0.6 is 11.8 Å². The number of nitrogens with one attached hydrogen (secondary N) is 3. The van der Waals surface area contributed by atoms with Gasteiger partial charge in [-0.05, 0) is 25.0 Å². The number of thioether (sulfide) groups is 1. The van der Waals surface area contributed by atoms with E-state index >= 15 is 0 Å². The summed E-state index contributed by atoms with van der Waals surface area (Å²) in [6.45, 7) is 3.88. The third-order valence-corrected chi connectivity index (χ3v) is 4.32. The number of anilines is 2. The minimum absolute atomic E-state index is 0.00308. The molecular formula is C15H16N6O2S. The van der Waals surface area contributed by atoms with Gasteiger partial charge in [-0.15, -0.1) is 0 Å². The van der Waals surface area contributed by atoms with Crippen LogP contribution in [0.3, 0.4) is 0 Å². The van der Waals surface area contributed by atoms with E-state index in [-0.39, 0.29) is 28.8 Å². The molecule has 124 valence electrons. The van der Waals surface area contributed by atoms with Crippen LogP contribution in [0.5, 0.6) is 0 Å². The van der Waals surface area contributed by atoms with E-state index in [0.29, 0.717) is 5.16 Å². The fraction of sp³-hybridized carbons (Fsp3) is 0.200. The minimum atomic E-state index is -0.392. The van der Waals surface area contributed by atoms with Crippen molar-refractivity contribution < 1.29 is 4.79 Å². The number of aromatic amines is 2. The summed E-state index contributed by atoms with van der Waals surface area (Å²) in [6, 6.07) is 5.83. The van der Waals surface area contributed by atoms with E-state index < -0.39 is 5.56 Å². The van der Waals surface area contributed by atoms with Crippen LogP contribution < -0.4 is 16.6 Å². The highest BCUT2D eigenvalue weighted by molar-refractivity contribution is 7.99. The number of benzene rings is 1. The van der Waals surface area contributed by atoms with Crippen molar-refractivity contribution in [3.8, 4) is 0 Å². The number of nitrogens with two attached hydrogens (primary N) is 1. The van der Waals surface area contributed by atoms with E-state index in [1.807, 2.05) is 32.0 Å². The van der Waals surface area contributed by atoms with Gasteiger partial charge in [0.1, 0.15) is 0 Å². The second-order valence-electron chi connectivity index (χ2n) is 5.30. The van der Waals surface area contributed by atoms with Crippen LogP contribution in [0, 0.1) is 13.8 Å². The number of carbonyl (C=O) groups excluding carboxylic acids is 1. The van der Waals surface area contributed by atoms with Crippen LogP contribution in [-0.4, -0.2) is 31.6 Å². The van der Waals surface area contributed by atoms with Gasteiger partial charge in [-0.1, -0.05) is 30.0 Å². The monoisotopic (exact) mass is 344 g/mol. The Morgan fingerprint density at radius 1 is 1.25 bits per heavy atom. The average Bonchev–Trinajstić information content (AvgIpc) is 2.92. The summed E-state index contributed by atoms with van der Waals surface area (Å²) in [4.78, 5) is 37.2. The first-order valence-electron chi connectivity index (χ1n) is 7.18. The van der Waals surface area contributed by atoms with Crippen molar-refractivity contribution in [2.75, 3.05) is 16.8 Å². The van der Waals surface area contributed by atoms with Crippen molar-refractivity contribution in [3.63, 3.8) is 0 Å². The number of carbonyl (C=O) groups is 1. The Hall–Kier alpha value is -2.81. The maximum atomic E-state index is 12.1. The van der Waals surface area contributed by atoms with Gasteiger partial charge in [0.15, 0.2) is 16.3 Å². The summed E-state index contributed by atoms with van der Waals surface area (Å²) < 4.78 is 0. The van der Waals surface area contributed by atoms with Gasteiger partial charge in [-0.2, -0.15) is 4.98 Å². The maximum absolute atomic E-state index is 12.1. The molecule has 0 aliphatic carbocycles. The molecule has 8 nitrogen and oxygen atoms in total. The summed E-state index contributed by atoms with van der Waals surface area (Å²) in [7, 11) is 0. The molecule has 5 N–H and O–H groups in total. The molecule has 0 bridgehead atoms. The van der Waals surface area contributed by atoms with Crippen molar-refractivity contribution >= 4 is 40.5 Å². The Labute approximate surface area is 141 Å². The van der Waals surface area contributed by atoms with Crippen molar-refractivity contribution in [1.29, 1.82) is 0 Å². The van der Waals surface area contributed by atoms with E-state index in [2.05, 4.69) is 25.3 Å². The number of nitrogens with zero attached hydrogens (tertiary/aromatic N) is 2. The smallest absolute Gasteiger partial charge is 0.278 e. The molecule has 2 heterocycles. The van der Waals surface area contributed by atoms with Gasteiger partial charge in [0.25, 0.3) is 5.56 Å². The number of imidazole rings is 1. The lowest BCUT2D eigenvalue weighted by atomic mass is 10.1. The molecule has 3 aromatic rings. The Balaban J connectivity index is 1.70. The van der Waals surface area contributed by atoms with Crippen LogP contribution in [0.1, 0.15) is 11.1 Å².